The number of hydrogen-bond acceptors (Lipinski definition) is 4. The molecule has 0 bridgehead atoms. The van der Waals surface area contributed by atoms with Gasteiger partial charge in [0.05, 0.1) is 25.3 Å². The van der Waals surface area contributed by atoms with E-state index >= 15 is 0 Å². The Balaban J connectivity index is 2.29. The van der Waals surface area contributed by atoms with Crippen LogP contribution in [0, 0.1) is 0 Å². The minimum absolute atomic E-state index is 0.426. The Morgan fingerprint density at radius 3 is 2.00 bits per heavy atom. The number of aliphatic hydroxyl groups is 1. The monoisotopic (exact) mass is 308 g/mol. The van der Waals surface area contributed by atoms with Gasteiger partial charge in [-0.15, -0.1) is 0 Å². The van der Waals surface area contributed by atoms with E-state index in [1.54, 1.807) is 57.5 Å². The molecule has 2 aromatic carbocycles. The maximum absolute atomic E-state index is 9.53. The van der Waals surface area contributed by atoms with Gasteiger partial charge in [-0.3, -0.25) is 0 Å². The minimum atomic E-state index is -0.575. The van der Waals surface area contributed by atoms with Gasteiger partial charge in [0.25, 0.3) is 0 Å². The summed E-state index contributed by atoms with van der Waals surface area (Å²) >= 11 is 6.17. The Labute approximate surface area is 128 Å². The molecule has 0 aliphatic carbocycles. The highest BCUT2D eigenvalue weighted by Crippen LogP contribution is 2.35. The van der Waals surface area contributed by atoms with Gasteiger partial charge in [0.15, 0.2) is 0 Å². The molecule has 1 N–H and O–H groups in total. The average molecular weight is 309 g/mol. The van der Waals surface area contributed by atoms with Crippen molar-refractivity contribution in [2.45, 2.75) is 13.0 Å². The maximum Gasteiger partial charge on any atom is 0.146 e. The molecule has 0 radical (unpaired) electrons. The molecule has 2 aromatic rings. The van der Waals surface area contributed by atoms with Crippen LogP contribution in [0.15, 0.2) is 36.4 Å². The van der Waals surface area contributed by atoms with Crippen molar-refractivity contribution in [3.8, 4) is 23.0 Å². The molecule has 4 nitrogen and oxygen atoms in total. The molecule has 5 heteroatoms. The van der Waals surface area contributed by atoms with Crippen molar-refractivity contribution in [2.75, 3.05) is 14.2 Å². The van der Waals surface area contributed by atoms with Crippen LogP contribution in [0.4, 0.5) is 0 Å². The van der Waals surface area contributed by atoms with Crippen LogP contribution in [0.3, 0.4) is 0 Å². The van der Waals surface area contributed by atoms with Gasteiger partial charge < -0.3 is 19.3 Å². The number of ether oxygens (including phenoxy) is 3. The third kappa shape index (κ3) is 3.80. The van der Waals surface area contributed by atoms with E-state index in [1.165, 1.54) is 0 Å². The van der Waals surface area contributed by atoms with Crippen molar-refractivity contribution in [2.24, 2.45) is 0 Å². The molecule has 0 heterocycles. The van der Waals surface area contributed by atoms with E-state index in [4.69, 9.17) is 25.8 Å². The molecule has 1 unspecified atom stereocenters. The summed E-state index contributed by atoms with van der Waals surface area (Å²) in [6.07, 6.45) is -0.575. The number of hydrogen-bond donors (Lipinski definition) is 1. The third-order valence-corrected chi connectivity index (χ3v) is 3.29. The van der Waals surface area contributed by atoms with E-state index < -0.39 is 6.10 Å². The lowest BCUT2D eigenvalue weighted by atomic mass is 10.1. The van der Waals surface area contributed by atoms with Gasteiger partial charge in [0.1, 0.15) is 23.0 Å². The van der Waals surface area contributed by atoms with Crippen LogP contribution in [0.5, 0.6) is 23.0 Å². The largest absolute Gasteiger partial charge is 0.496 e. The Hall–Kier alpha value is -1.91. The number of halogens is 1. The van der Waals surface area contributed by atoms with Crippen molar-refractivity contribution in [1.82, 2.24) is 0 Å². The quantitative estimate of drug-likeness (QED) is 0.899. The fraction of sp³-hybridized carbons (Fsp3) is 0.250. The van der Waals surface area contributed by atoms with E-state index in [1.807, 2.05) is 0 Å². The highest BCUT2D eigenvalue weighted by Gasteiger charge is 2.09. The molecule has 0 fully saturated rings. The van der Waals surface area contributed by atoms with E-state index in [0.717, 1.165) is 5.56 Å². The number of benzene rings is 2. The van der Waals surface area contributed by atoms with Crippen molar-refractivity contribution >= 4 is 11.6 Å². The van der Waals surface area contributed by atoms with Crippen LogP contribution >= 0.6 is 11.6 Å². The maximum atomic E-state index is 9.53. The molecule has 0 saturated heterocycles. The summed E-state index contributed by atoms with van der Waals surface area (Å²) < 4.78 is 16.1. The highest BCUT2D eigenvalue weighted by atomic mass is 35.5. The molecule has 0 spiro atoms. The number of aliphatic hydroxyl groups excluding tert-OH is 1. The smallest absolute Gasteiger partial charge is 0.146 e. The molecule has 0 aliphatic rings. The van der Waals surface area contributed by atoms with Gasteiger partial charge in [0, 0.05) is 18.2 Å². The SMILES string of the molecule is COc1cc(OC)cc(Oc2ccc(C(C)O)cc2Cl)c1. The number of rotatable bonds is 5. The Morgan fingerprint density at radius 1 is 0.952 bits per heavy atom. The first-order chi connectivity index (χ1) is 10.0. The fourth-order valence-corrected chi connectivity index (χ4v) is 2.05. The second kappa shape index (κ2) is 6.70. The molecular formula is C16H17ClO4. The first kappa shape index (κ1) is 15.5. The van der Waals surface area contributed by atoms with Crippen LogP contribution in [0.1, 0.15) is 18.6 Å². The summed E-state index contributed by atoms with van der Waals surface area (Å²) in [6.45, 7) is 1.68. The van der Waals surface area contributed by atoms with E-state index in [-0.39, 0.29) is 0 Å². The summed E-state index contributed by atoms with van der Waals surface area (Å²) in [5.74, 6) is 2.30. The van der Waals surface area contributed by atoms with Gasteiger partial charge in [-0.25, -0.2) is 0 Å². The first-order valence-corrected chi connectivity index (χ1v) is 6.79. The Morgan fingerprint density at radius 2 is 1.52 bits per heavy atom. The van der Waals surface area contributed by atoms with Gasteiger partial charge in [-0.05, 0) is 24.6 Å². The van der Waals surface area contributed by atoms with Gasteiger partial charge in [-0.1, -0.05) is 17.7 Å². The van der Waals surface area contributed by atoms with Crippen molar-refractivity contribution in [3.63, 3.8) is 0 Å². The molecule has 21 heavy (non-hydrogen) atoms. The predicted molar refractivity (Wildman–Crippen MR) is 81.7 cm³/mol. The first-order valence-electron chi connectivity index (χ1n) is 6.42. The lowest BCUT2D eigenvalue weighted by Crippen LogP contribution is -1.93. The summed E-state index contributed by atoms with van der Waals surface area (Å²) in [6, 6.07) is 10.4. The average Bonchev–Trinajstić information content (AvgIpc) is 2.48. The van der Waals surface area contributed by atoms with Crippen LogP contribution in [-0.4, -0.2) is 19.3 Å². The lowest BCUT2D eigenvalue weighted by Gasteiger charge is -2.12. The summed E-state index contributed by atoms with van der Waals surface area (Å²) in [5.41, 5.74) is 0.732. The van der Waals surface area contributed by atoms with Crippen LogP contribution in [-0.2, 0) is 0 Å². The van der Waals surface area contributed by atoms with Gasteiger partial charge >= 0.3 is 0 Å². The van der Waals surface area contributed by atoms with Crippen molar-refractivity contribution in [3.05, 3.63) is 47.0 Å². The zero-order valence-electron chi connectivity index (χ0n) is 12.1. The van der Waals surface area contributed by atoms with Crippen LogP contribution in [0.2, 0.25) is 5.02 Å². The van der Waals surface area contributed by atoms with Crippen LogP contribution in [0.25, 0.3) is 0 Å². The van der Waals surface area contributed by atoms with Crippen molar-refractivity contribution in [1.29, 1.82) is 0 Å². The third-order valence-electron chi connectivity index (χ3n) is 2.99. The second-order valence-corrected chi connectivity index (χ2v) is 4.92. The zero-order chi connectivity index (χ0) is 15.4. The Kier molecular flexibility index (Phi) is 4.94. The summed E-state index contributed by atoms with van der Waals surface area (Å²) in [5, 5.41) is 9.96. The Bertz CT molecular complexity index is 603. The molecule has 0 aliphatic heterocycles. The molecule has 0 aromatic heterocycles. The zero-order valence-corrected chi connectivity index (χ0v) is 12.8. The topological polar surface area (TPSA) is 47.9 Å². The molecule has 0 saturated carbocycles. The minimum Gasteiger partial charge on any atom is -0.496 e. The number of methoxy groups -OCH3 is 2. The van der Waals surface area contributed by atoms with E-state index in [9.17, 15) is 5.11 Å². The molecule has 2 rings (SSSR count). The van der Waals surface area contributed by atoms with Gasteiger partial charge in [0.2, 0.25) is 0 Å². The standard InChI is InChI=1S/C16H17ClO4/c1-10(18)11-4-5-16(15(17)6-11)21-14-8-12(19-2)7-13(9-14)20-3/h4-10,18H,1-3H3. The molecular weight excluding hydrogens is 292 g/mol. The second-order valence-electron chi connectivity index (χ2n) is 4.52. The van der Waals surface area contributed by atoms with Crippen molar-refractivity contribution < 1.29 is 19.3 Å². The molecule has 112 valence electrons. The predicted octanol–water partition coefficient (Wildman–Crippen LogP) is 4.20. The fourth-order valence-electron chi connectivity index (χ4n) is 1.83. The lowest BCUT2D eigenvalue weighted by molar-refractivity contribution is 0.199. The normalized spacial score (nSPS) is 11.9. The van der Waals surface area contributed by atoms with Gasteiger partial charge in [-0.2, -0.15) is 0 Å². The molecule has 1 atom stereocenters. The summed E-state index contributed by atoms with van der Waals surface area (Å²) in [7, 11) is 3.14. The van der Waals surface area contributed by atoms with E-state index in [0.29, 0.717) is 28.0 Å². The summed E-state index contributed by atoms with van der Waals surface area (Å²) in [4.78, 5) is 0. The molecule has 0 amide bonds. The highest BCUT2D eigenvalue weighted by molar-refractivity contribution is 6.32. The van der Waals surface area contributed by atoms with Crippen LogP contribution < -0.4 is 14.2 Å². The van der Waals surface area contributed by atoms with E-state index in [2.05, 4.69) is 0 Å².